The molecule has 1 saturated heterocycles. The number of hydrogen-bond acceptors (Lipinski definition) is 7. The van der Waals surface area contributed by atoms with Gasteiger partial charge in [0.1, 0.15) is 5.82 Å². The number of urea groups is 1. The summed E-state index contributed by atoms with van der Waals surface area (Å²) in [7, 11) is 0. The second-order valence-corrected chi connectivity index (χ2v) is 10.2. The minimum atomic E-state index is -0.190. The van der Waals surface area contributed by atoms with Crippen molar-refractivity contribution in [2.75, 3.05) is 31.2 Å². The Hall–Kier alpha value is -3.83. The van der Waals surface area contributed by atoms with E-state index in [1.807, 2.05) is 38.2 Å². The summed E-state index contributed by atoms with van der Waals surface area (Å²) < 4.78 is 5.78. The highest BCUT2D eigenvalue weighted by Crippen LogP contribution is 2.38. The van der Waals surface area contributed by atoms with Crippen molar-refractivity contribution in [1.82, 2.24) is 25.4 Å². The number of ether oxygens (including phenoxy) is 1. The number of aromatic amines is 1. The van der Waals surface area contributed by atoms with Gasteiger partial charge in [-0.2, -0.15) is 0 Å². The maximum absolute atomic E-state index is 13.6. The largest absolute Gasteiger partial charge is 0.372 e. The van der Waals surface area contributed by atoms with Crippen molar-refractivity contribution >= 4 is 29.0 Å². The molecular formula is C27H35N7O4. The van der Waals surface area contributed by atoms with Crippen molar-refractivity contribution in [2.24, 2.45) is 5.84 Å². The fourth-order valence-corrected chi connectivity index (χ4v) is 5.47. The van der Waals surface area contributed by atoms with Gasteiger partial charge in [0.05, 0.1) is 47.9 Å². The Bertz CT molecular complexity index is 1260. The lowest BCUT2D eigenvalue weighted by Crippen LogP contribution is -2.54. The van der Waals surface area contributed by atoms with Gasteiger partial charge in [-0.15, -0.1) is 0 Å². The van der Waals surface area contributed by atoms with E-state index in [0.717, 1.165) is 24.1 Å². The molecule has 3 aliphatic heterocycles. The number of anilines is 1. The summed E-state index contributed by atoms with van der Waals surface area (Å²) in [5.41, 5.74) is 3.94. The molecule has 11 nitrogen and oxygen atoms in total. The quantitative estimate of drug-likeness (QED) is 0.352. The number of Topliss-reactive ketones (excluding diaryl/α,β-unsaturated/α-hetero) is 1. The Kier molecular flexibility index (Phi) is 7.13. The van der Waals surface area contributed by atoms with Crippen molar-refractivity contribution in [3.63, 3.8) is 0 Å². The number of carbonyl (C=O) groups is 3. The van der Waals surface area contributed by atoms with Gasteiger partial charge in [0.2, 0.25) is 5.91 Å². The molecule has 0 saturated carbocycles. The summed E-state index contributed by atoms with van der Waals surface area (Å²) in [6.45, 7) is 7.01. The molecule has 38 heavy (non-hydrogen) atoms. The Morgan fingerprint density at radius 3 is 2.58 bits per heavy atom. The van der Waals surface area contributed by atoms with Crippen LogP contribution < -0.4 is 21.5 Å². The lowest BCUT2D eigenvalue weighted by atomic mass is 10.0. The number of rotatable bonds is 4. The van der Waals surface area contributed by atoms with Crippen molar-refractivity contribution in [3.05, 3.63) is 58.8 Å². The van der Waals surface area contributed by atoms with E-state index in [-0.39, 0.29) is 43.0 Å². The van der Waals surface area contributed by atoms with Crippen LogP contribution in [-0.2, 0) is 16.1 Å². The number of H-pyrrole nitrogens is 1. The molecule has 1 aliphatic carbocycles. The number of hydrazine groups is 1. The summed E-state index contributed by atoms with van der Waals surface area (Å²) in [4.78, 5) is 45.5. The normalized spacial score (nSPS) is 23.2. The summed E-state index contributed by atoms with van der Waals surface area (Å²) in [5.74, 6) is 6.87. The zero-order valence-electron chi connectivity index (χ0n) is 22.0. The van der Waals surface area contributed by atoms with Crippen LogP contribution in [0, 0.1) is 0 Å². The van der Waals surface area contributed by atoms with Crippen LogP contribution in [-0.4, -0.2) is 70.9 Å². The number of allylic oxidation sites excluding steroid dienone is 5. The molecule has 2 atom stereocenters. The standard InChI is InChI=1S/C27H35N7O4/c1-16-12-32(13-17(2)38-16)27(37)33-14-21-24(22(36)15-33)26(34(28)20-7-5-4-6-8-20)25(31-21)19-9-10-29-23(11-19)30-18(3)35/h5,7-9,11,16-17,29,31H,4,6,10,12-15,28H2,1-3H3,(H,30,35)/t16-,17?/m1/s1. The SMILES string of the molecule is CC(=O)NC1=CC(c2[nH]c3c(c2N(N)C2=CCCC=C2)C(=O)CN(C(=O)N2CC(C)O[C@H](C)C2)C3)=CCN1. The van der Waals surface area contributed by atoms with Gasteiger partial charge in [-0.25, -0.2) is 10.6 Å². The number of nitrogens with zero attached hydrogens (tertiary/aromatic N) is 3. The van der Waals surface area contributed by atoms with E-state index in [1.165, 1.54) is 6.92 Å². The molecule has 1 aromatic rings. The van der Waals surface area contributed by atoms with Gasteiger partial charge in [0.25, 0.3) is 0 Å². The number of carbonyl (C=O) groups excluding carboxylic acids is 3. The number of nitrogens with one attached hydrogen (secondary N) is 3. The molecule has 1 unspecified atom stereocenters. The zero-order valence-corrected chi connectivity index (χ0v) is 22.0. The molecule has 1 fully saturated rings. The van der Waals surface area contributed by atoms with Crippen LogP contribution in [0.25, 0.3) is 5.57 Å². The lowest BCUT2D eigenvalue weighted by Gasteiger charge is -2.39. The molecule has 1 aromatic heterocycles. The zero-order chi connectivity index (χ0) is 27.0. The molecule has 0 bridgehead atoms. The number of ketones is 1. The van der Waals surface area contributed by atoms with Gasteiger partial charge in [-0.05, 0) is 38.8 Å². The Morgan fingerprint density at radius 1 is 1.13 bits per heavy atom. The first-order valence-electron chi connectivity index (χ1n) is 13.0. The van der Waals surface area contributed by atoms with Crippen LogP contribution in [0.5, 0.6) is 0 Å². The van der Waals surface area contributed by atoms with Crippen molar-refractivity contribution in [2.45, 2.75) is 52.4 Å². The average molecular weight is 522 g/mol. The number of amides is 3. The third kappa shape index (κ3) is 5.11. The molecule has 0 spiro atoms. The molecule has 4 heterocycles. The third-order valence-electron chi connectivity index (χ3n) is 6.98. The minimum absolute atomic E-state index is 0.0352. The van der Waals surface area contributed by atoms with Crippen molar-refractivity contribution in [1.29, 1.82) is 0 Å². The summed E-state index contributed by atoms with van der Waals surface area (Å²) in [5, 5.41) is 7.47. The molecule has 5 N–H and O–H groups in total. The molecule has 3 amide bonds. The highest BCUT2D eigenvalue weighted by molar-refractivity contribution is 6.08. The summed E-state index contributed by atoms with van der Waals surface area (Å²) >= 11 is 0. The highest BCUT2D eigenvalue weighted by Gasteiger charge is 2.37. The van der Waals surface area contributed by atoms with E-state index in [9.17, 15) is 14.4 Å². The first-order chi connectivity index (χ1) is 18.2. The fourth-order valence-electron chi connectivity index (χ4n) is 5.47. The van der Waals surface area contributed by atoms with Crippen LogP contribution in [0.3, 0.4) is 0 Å². The van der Waals surface area contributed by atoms with Crippen LogP contribution in [0.4, 0.5) is 10.5 Å². The molecule has 202 valence electrons. The smallest absolute Gasteiger partial charge is 0.320 e. The molecule has 5 rings (SSSR count). The lowest BCUT2D eigenvalue weighted by molar-refractivity contribution is -0.118. The van der Waals surface area contributed by atoms with E-state index >= 15 is 0 Å². The van der Waals surface area contributed by atoms with E-state index in [4.69, 9.17) is 10.6 Å². The van der Waals surface area contributed by atoms with E-state index < -0.39 is 0 Å². The van der Waals surface area contributed by atoms with Gasteiger partial charge in [-0.1, -0.05) is 18.2 Å². The Balaban J connectivity index is 1.52. The molecule has 11 heteroatoms. The predicted octanol–water partition coefficient (Wildman–Crippen LogP) is 2.12. The van der Waals surface area contributed by atoms with Crippen LogP contribution >= 0.6 is 0 Å². The highest BCUT2D eigenvalue weighted by atomic mass is 16.5. The fraction of sp³-hybridized carbons (Fsp3) is 0.444. The Labute approximate surface area is 222 Å². The van der Waals surface area contributed by atoms with Crippen LogP contribution in [0.15, 0.2) is 41.9 Å². The second-order valence-electron chi connectivity index (χ2n) is 10.2. The number of morpholine rings is 1. The van der Waals surface area contributed by atoms with Gasteiger partial charge in [-0.3, -0.25) is 14.6 Å². The maximum Gasteiger partial charge on any atom is 0.320 e. The maximum atomic E-state index is 13.6. The second kappa shape index (κ2) is 10.5. The van der Waals surface area contributed by atoms with E-state index in [0.29, 0.717) is 48.1 Å². The Morgan fingerprint density at radius 2 is 1.89 bits per heavy atom. The van der Waals surface area contributed by atoms with Crippen LogP contribution in [0.1, 0.15) is 55.4 Å². The average Bonchev–Trinajstić information content (AvgIpc) is 3.28. The van der Waals surface area contributed by atoms with Gasteiger partial charge in [0, 0.05) is 37.8 Å². The number of dihydropyridines is 1. The van der Waals surface area contributed by atoms with Gasteiger partial charge < -0.3 is 30.2 Å². The minimum Gasteiger partial charge on any atom is -0.372 e. The van der Waals surface area contributed by atoms with Crippen LogP contribution in [0.2, 0.25) is 0 Å². The number of aromatic nitrogens is 1. The summed E-state index contributed by atoms with van der Waals surface area (Å²) in [6.07, 6.45) is 11.5. The molecule has 4 aliphatic rings. The van der Waals surface area contributed by atoms with Gasteiger partial charge >= 0.3 is 6.03 Å². The first kappa shape index (κ1) is 25.8. The topological polar surface area (TPSA) is 136 Å². The van der Waals surface area contributed by atoms with Gasteiger partial charge in [0.15, 0.2) is 5.78 Å². The van der Waals surface area contributed by atoms with E-state index in [1.54, 1.807) is 14.8 Å². The van der Waals surface area contributed by atoms with E-state index in [2.05, 4.69) is 21.7 Å². The number of fused-ring (bicyclic) bond motifs is 1. The van der Waals surface area contributed by atoms with Crippen molar-refractivity contribution < 1.29 is 19.1 Å². The monoisotopic (exact) mass is 521 g/mol. The summed E-state index contributed by atoms with van der Waals surface area (Å²) in [6, 6.07) is -0.180. The number of nitrogens with two attached hydrogens (primary N) is 1. The number of hydrogen-bond donors (Lipinski definition) is 4. The first-order valence-corrected chi connectivity index (χ1v) is 13.0. The molecule has 0 radical (unpaired) electrons. The van der Waals surface area contributed by atoms with Crippen molar-refractivity contribution in [3.8, 4) is 0 Å². The molecular weight excluding hydrogens is 486 g/mol. The molecule has 0 aromatic carbocycles. The third-order valence-corrected chi connectivity index (χ3v) is 6.98. The predicted molar refractivity (Wildman–Crippen MR) is 144 cm³/mol.